The molecule has 0 saturated heterocycles. The minimum atomic E-state index is 0.711. The zero-order valence-electron chi connectivity index (χ0n) is 9.52. The highest BCUT2D eigenvalue weighted by atomic mass is 35.5. The molecule has 0 aliphatic heterocycles. The number of hydrogen-bond acceptors (Lipinski definition) is 1. The summed E-state index contributed by atoms with van der Waals surface area (Å²) in [6, 6.07) is 0.711. The highest BCUT2D eigenvalue weighted by Gasteiger charge is 2.08. The number of hydrogen-bond donors (Lipinski definition) is 0. The fourth-order valence-electron chi connectivity index (χ4n) is 1.29. The van der Waals surface area contributed by atoms with Crippen molar-refractivity contribution in [2.75, 3.05) is 19.5 Å². The maximum atomic E-state index is 5.69. The Balaban J connectivity index is 3.50. The normalized spacial score (nSPS) is 16.2. The predicted molar refractivity (Wildman–Crippen MR) is 61.5 cm³/mol. The molecule has 0 fully saturated rings. The van der Waals surface area contributed by atoms with Gasteiger partial charge in [-0.3, -0.25) is 0 Å². The molecule has 0 aromatic carbocycles. The van der Waals surface area contributed by atoms with Gasteiger partial charge < -0.3 is 4.90 Å². The van der Waals surface area contributed by atoms with Crippen molar-refractivity contribution in [2.24, 2.45) is 5.92 Å². The van der Waals surface area contributed by atoms with Crippen molar-refractivity contribution in [3.05, 3.63) is 0 Å². The third-order valence-corrected chi connectivity index (χ3v) is 3.14. The molecule has 80 valence electrons. The van der Waals surface area contributed by atoms with Crippen LogP contribution < -0.4 is 0 Å². The van der Waals surface area contributed by atoms with Gasteiger partial charge in [0.05, 0.1) is 0 Å². The van der Waals surface area contributed by atoms with Crippen LogP contribution in [0.3, 0.4) is 0 Å². The highest BCUT2D eigenvalue weighted by Crippen LogP contribution is 2.10. The van der Waals surface area contributed by atoms with Crippen molar-refractivity contribution >= 4 is 11.6 Å². The molecule has 2 unspecified atom stereocenters. The van der Waals surface area contributed by atoms with E-state index in [-0.39, 0.29) is 0 Å². The van der Waals surface area contributed by atoms with E-state index in [0.717, 1.165) is 18.2 Å². The summed E-state index contributed by atoms with van der Waals surface area (Å²) >= 11 is 5.69. The van der Waals surface area contributed by atoms with Gasteiger partial charge in [0.1, 0.15) is 0 Å². The first kappa shape index (κ1) is 13.2. The molecule has 0 saturated carbocycles. The van der Waals surface area contributed by atoms with Crippen LogP contribution >= 0.6 is 11.6 Å². The SMILES string of the molecule is CCC(C)N(C)CCC(C)CCCl. The molecule has 0 rings (SSSR count). The molecule has 1 nitrogen and oxygen atoms in total. The zero-order valence-corrected chi connectivity index (χ0v) is 10.3. The summed E-state index contributed by atoms with van der Waals surface area (Å²) in [4.78, 5) is 2.44. The standard InChI is InChI=1S/C11H24ClN/c1-5-11(3)13(4)9-7-10(2)6-8-12/h10-11H,5-9H2,1-4H3. The molecular formula is C11H24ClN. The van der Waals surface area contributed by atoms with Crippen LogP contribution in [0.4, 0.5) is 0 Å². The largest absolute Gasteiger partial charge is 0.304 e. The summed E-state index contributed by atoms with van der Waals surface area (Å²) in [5, 5.41) is 0. The quantitative estimate of drug-likeness (QED) is 0.577. The fourth-order valence-corrected chi connectivity index (χ4v) is 1.66. The molecule has 2 atom stereocenters. The van der Waals surface area contributed by atoms with E-state index >= 15 is 0 Å². The molecule has 0 aliphatic carbocycles. The predicted octanol–water partition coefficient (Wildman–Crippen LogP) is 3.37. The first-order valence-corrected chi connectivity index (χ1v) is 5.91. The van der Waals surface area contributed by atoms with E-state index in [4.69, 9.17) is 11.6 Å². The van der Waals surface area contributed by atoms with E-state index in [0.29, 0.717) is 6.04 Å². The number of alkyl halides is 1. The second-order valence-electron chi connectivity index (χ2n) is 4.11. The molecule has 0 aromatic heterocycles. The van der Waals surface area contributed by atoms with Crippen LogP contribution in [-0.2, 0) is 0 Å². The Hall–Kier alpha value is 0.250. The van der Waals surface area contributed by atoms with Crippen molar-refractivity contribution in [3.8, 4) is 0 Å². The first-order valence-electron chi connectivity index (χ1n) is 5.38. The third-order valence-electron chi connectivity index (χ3n) is 2.92. The van der Waals surface area contributed by atoms with Gasteiger partial charge in [-0.05, 0) is 45.7 Å². The van der Waals surface area contributed by atoms with Gasteiger partial charge in [0, 0.05) is 11.9 Å². The topological polar surface area (TPSA) is 3.24 Å². The lowest BCUT2D eigenvalue weighted by Gasteiger charge is -2.24. The smallest absolute Gasteiger partial charge is 0.0225 e. The highest BCUT2D eigenvalue weighted by molar-refractivity contribution is 6.17. The van der Waals surface area contributed by atoms with Crippen molar-refractivity contribution in [3.63, 3.8) is 0 Å². The summed E-state index contributed by atoms with van der Waals surface area (Å²) in [5.74, 6) is 1.57. The summed E-state index contributed by atoms with van der Waals surface area (Å²) in [6.45, 7) is 8.01. The van der Waals surface area contributed by atoms with Gasteiger partial charge in [0.25, 0.3) is 0 Å². The Morgan fingerprint density at radius 1 is 1.23 bits per heavy atom. The Kier molecular flexibility index (Phi) is 7.78. The van der Waals surface area contributed by atoms with Crippen LogP contribution in [0.5, 0.6) is 0 Å². The molecule has 0 spiro atoms. The first-order chi connectivity index (χ1) is 6.11. The lowest BCUT2D eigenvalue weighted by Crippen LogP contribution is -2.30. The van der Waals surface area contributed by atoms with Gasteiger partial charge in [0.15, 0.2) is 0 Å². The van der Waals surface area contributed by atoms with Gasteiger partial charge in [-0.2, -0.15) is 0 Å². The van der Waals surface area contributed by atoms with Gasteiger partial charge in [-0.1, -0.05) is 13.8 Å². The number of rotatable bonds is 7. The Bertz CT molecular complexity index is 117. The molecule has 13 heavy (non-hydrogen) atoms. The molecular weight excluding hydrogens is 182 g/mol. The fraction of sp³-hybridized carbons (Fsp3) is 1.00. The van der Waals surface area contributed by atoms with E-state index in [2.05, 4.69) is 32.7 Å². The van der Waals surface area contributed by atoms with Gasteiger partial charge in [0.2, 0.25) is 0 Å². The van der Waals surface area contributed by atoms with Crippen molar-refractivity contribution in [1.82, 2.24) is 4.90 Å². The Labute approximate surface area is 88.5 Å². The number of nitrogens with zero attached hydrogens (tertiary/aromatic N) is 1. The average Bonchev–Trinajstić information content (AvgIpc) is 2.13. The van der Waals surface area contributed by atoms with Crippen molar-refractivity contribution < 1.29 is 0 Å². The van der Waals surface area contributed by atoms with Crippen LogP contribution in [0, 0.1) is 5.92 Å². The summed E-state index contributed by atoms with van der Waals surface area (Å²) < 4.78 is 0. The van der Waals surface area contributed by atoms with Crippen molar-refractivity contribution in [1.29, 1.82) is 0 Å². The molecule has 0 amide bonds. The molecule has 0 heterocycles. The molecule has 0 radical (unpaired) electrons. The van der Waals surface area contributed by atoms with Crippen LogP contribution in [-0.4, -0.2) is 30.4 Å². The second-order valence-corrected chi connectivity index (χ2v) is 4.49. The summed E-state index contributed by atoms with van der Waals surface area (Å²) in [7, 11) is 2.21. The Morgan fingerprint density at radius 2 is 1.85 bits per heavy atom. The Morgan fingerprint density at radius 3 is 2.31 bits per heavy atom. The maximum absolute atomic E-state index is 5.69. The molecule has 0 aromatic rings. The van der Waals surface area contributed by atoms with Gasteiger partial charge in [-0.25, -0.2) is 0 Å². The van der Waals surface area contributed by atoms with Crippen molar-refractivity contribution in [2.45, 2.75) is 46.1 Å². The lowest BCUT2D eigenvalue weighted by molar-refractivity contribution is 0.234. The number of halogens is 1. The van der Waals surface area contributed by atoms with E-state index in [1.807, 2.05) is 0 Å². The van der Waals surface area contributed by atoms with E-state index in [1.54, 1.807) is 0 Å². The zero-order chi connectivity index (χ0) is 10.3. The monoisotopic (exact) mass is 205 g/mol. The van der Waals surface area contributed by atoms with Crippen LogP contribution in [0.25, 0.3) is 0 Å². The molecule has 0 bridgehead atoms. The molecule has 2 heteroatoms. The van der Waals surface area contributed by atoms with Crippen LogP contribution in [0.2, 0.25) is 0 Å². The minimum absolute atomic E-state index is 0.711. The van der Waals surface area contributed by atoms with E-state index < -0.39 is 0 Å². The maximum Gasteiger partial charge on any atom is 0.0225 e. The van der Waals surface area contributed by atoms with E-state index in [9.17, 15) is 0 Å². The molecule has 0 aliphatic rings. The van der Waals surface area contributed by atoms with E-state index in [1.165, 1.54) is 19.4 Å². The summed E-state index contributed by atoms with van der Waals surface area (Å²) in [6.07, 6.45) is 3.66. The third kappa shape index (κ3) is 6.34. The average molecular weight is 206 g/mol. The van der Waals surface area contributed by atoms with Gasteiger partial charge >= 0.3 is 0 Å². The summed E-state index contributed by atoms with van der Waals surface area (Å²) in [5.41, 5.74) is 0. The van der Waals surface area contributed by atoms with Crippen LogP contribution in [0.1, 0.15) is 40.0 Å². The lowest BCUT2D eigenvalue weighted by atomic mass is 10.0. The second kappa shape index (κ2) is 7.64. The van der Waals surface area contributed by atoms with Crippen LogP contribution in [0.15, 0.2) is 0 Å². The molecule has 0 N–H and O–H groups in total. The minimum Gasteiger partial charge on any atom is -0.304 e. The van der Waals surface area contributed by atoms with Gasteiger partial charge in [-0.15, -0.1) is 11.6 Å².